The Morgan fingerprint density at radius 3 is 2.03 bits per heavy atom. The predicted molar refractivity (Wildman–Crippen MR) is 118 cm³/mol. The van der Waals surface area contributed by atoms with E-state index in [-0.39, 0.29) is 36.9 Å². The number of hydrogen-bond donors (Lipinski definition) is 1. The summed E-state index contributed by atoms with van der Waals surface area (Å²) in [7, 11) is 1.40. The number of ether oxygens (including phenoxy) is 1. The lowest BCUT2D eigenvalue weighted by Crippen LogP contribution is -2.53. The van der Waals surface area contributed by atoms with Gasteiger partial charge in [0.1, 0.15) is 11.4 Å². The fraction of sp³-hybridized carbons (Fsp3) is 0.263. The molecule has 1 aliphatic heterocycles. The number of methoxy groups -OCH3 is 1. The standard InChI is InChI=1S/C19H14Br2F5N3O2S/c1-31-17-9(6-8(20)7-10(17)21)18(30)27-19(32)29-4-2-28(3-5-29)16-14(25)12(23)11(22)13(24)15(16)26/h6-7H,2-5H2,1H3,(H,27,30,32). The third kappa shape index (κ3) is 4.69. The fourth-order valence-electron chi connectivity index (χ4n) is 3.18. The lowest BCUT2D eigenvalue weighted by Gasteiger charge is -2.37. The molecule has 0 aromatic heterocycles. The first-order valence-electron chi connectivity index (χ1n) is 8.96. The molecule has 2 aromatic rings. The highest BCUT2D eigenvalue weighted by Gasteiger charge is 2.31. The molecule has 13 heteroatoms. The molecule has 2 aromatic carbocycles. The number of piperazine rings is 1. The van der Waals surface area contributed by atoms with Gasteiger partial charge in [0.2, 0.25) is 5.82 Å². The molecule has 1 aliphatic rings. The molecular formula is C19H14Br2F5N3O2S. The highest BCUT2D eigenvalue weighted by atomic mass is 79.9. The van der Waals surface area contributed by atoms with Crippen LogP contribution in [0.1, 0.15) is 10.4 Å². The normalized spacial score (nSPS) is 13.9. The van der Waals surface area contributed by atoms with E-state index in [0.717, 1.165) is 4.90 Å². The van der Waals surface area contributed by atoms with E-state index in [4.69, 9.17) is 17.0 Å². The number of thiocarbonyl (C=S) groups is 1. The van der Waals surface area contributed by atoms with Crippen LogP contribution in [-0.4, -0.2) is 49.2 Å². The molecule has 1 saturated heterocycles. The van der Waals surface area contributed by atoms with Crippen molar-refractivity contribution in [3.63, 3.8) is 0 Å². The van der Waals surface area contributed by atoms with E-state index in [9.17, 15) is 26.7 Å². The van der Waals surface area contributed by atoms with Crippen molar-refractivity contribution in [1.29, 1.82) is 0 Å². The Balaban J connectivity index is 1.71. The number of amides is 1. The zero-order valence-corrected chi connectivity index (χ0v) is 20.2. The maximum atomic E-state index is 14.1. The molecule has 5 nitrogen and oxygen atoms in total. The van der Waals surface area contributed by atoms with Gasteiger partial charge in [-0.05, 0) is 40.3 Å². The highest BCUT2D eigenvalue weighted by Crippen LogP contribution is 2.33. The summed E-state index contributed by atoms with van der Waals surface area (Å²) in [5, 5.41) is 2.61. The van der Waals surface area contributed by atoms with Gasteiger partial charge < -0.3 is 14.5 Å². The maximum Gasteiger partial charge on any atom is 0.261 e. The Hall–Kier alpha value is -1.99. The summed E-state index contributed by atoms with van der Waals surface area (Å²) < 4.78 is 74.8. The molecule has 1 amide bonds. The quantitative estimate of drug-likeness (QED) is 0.238. The van der Waals surface area contributed by atoms with Gasteiger partial charge in [0.15, 0.2) is 28.4 Å². The zero-order valence-electron chi connectivity index (χ0n) is 16.2. The third-order valence-corrected chi connectivity index (χ3v) is 6.15. The monoisotopic (exact) mass is 601 g/mol. The summed E-state index contributed by atoms with van der Waals surface area (Å²) in [4.78, 5) is 15.3. The summed E-state index contributed by atoms with van der Waals surface area (Å²) in [5.74, 6) is -10.2. The van der Waals surface area contributed by atoms with E-state index < -0.39 is 40.7 Å². The van der Waals surface area contributed by atoms with Gasteiger partial charge in [0, 0.05) is 30.7 Å². The molecule has 32 heavy (non-hydrogen) atoms. The van der Waals surface area contributed by atoms with Crippen LogP contribution in [0.3, 0.4) is 0 Å². The van der Waals surface area contributed by atoms with Crippen LogP contribution in [0.15, 0.2) is 21.1 Å². The van der Waals surface area contributed by atoms with Crippen molar-refractivity contribution in [1.82, 2.24) is 10.2 Å². The summed E-state index contributed by atoms with van der Waals surface area (Å²) in [5.41, 5.74) is -0.782. The number of rotatable bonds is 3. The van der Waals surface area contributed by atoms with E-state index in [0.29, 0.717) is 14.7 Å². The molecule has 0 bridgehead atoms. The van der Waals surface area contributed by atoms with E-state index in [1.165, 1.54) is 7.11 Å². The Bertz CT molecular complexity index is 1070. The molecule has 1 fully saturated rings. The number of hydrogen-bond acceptors (Lipinski definition) is 4. The Morgan fingerprint density at radius 1 is 0.969 bits per heavy atom. The SMILES string of the molecule is COc1c(Br)cc(Br)cc1C(=O)NC(=S)N1CCN(c2c(F)c(F)c(F)c(F)c2F)CC1. The zero-order chi connectivity index (χ0) is 23.7. The first kappa shape index (κ1) is 24.6. The minimum Gasteiger partial charge on any atom is -0.495 e. The molecular weight excluding hydrogens is 589 g/mol. The number of carbonyl (C=O) groups excluding carboxylic acids is 1. The Kier molecular flexibility index (Phi) is 7.61. The van der Waals surface area contributed by atoms with Gasteiger partial charge in [-0.2, -0.15) is 0 Å². The van der Waals surface area contributed by atoms with E-state index in [1.54, 1.807) is 17.0 Å². The van der Waals surface area contributed by atoms with Gasteiger partial charge in [-0.3, -0.25) is 10.1 Å². The van der Waals surface area contributed by atoms with Crippen LogP contribution in [0.25, 0.3) is 0 Å². The molecule has 1 heterocycles. The lowest BCUT2D eigenvalue weighted by atomic mass is 10.2. The number of anilines is 1. The van der Waals surface area contributed by atoms with Crippen molar-refractivity contribution in [3.05, 3.63) is 55.7 Å². The van der Waals surface area contributed by atoms with Crippen LogP contribution in [0, 0.1) is 29.1 Å². The van der Waals surface area contributed by atoms with E-state index >= 15 is 0 Å². The number of benzene rings is 2. The molecule has 0 aliphatic carbocycles. The Morgan fingerprint density at radius 2 is 1.50 bits per heavy atom. The second-order valence-corrected chi connectivity index (χ2v) is 8.78. The average Bonchev–Trinajstić information content (AvgIpc) is 2.76. The molecule has 0 saturated carbocycles. The van der Waals surface area contributed by atoms with Crippen LogP contribution in [0.2, 0.25) is 0 Å². The van der Waals surface area contributed by atoms with Crippen LogP contribution >= 0.6 is 44.1 Å². The molecule has 3 rings (SSSR count). The summed E-state index contributed by atoms with van der Waals surface area (Å²) in [6.45, 7) is -0.00389. The number of nitrogens with zero attached hydrogens (tertiary/aromatic N) is 2. The maximum absolute atomic E-state index is 14.1. The minimum atomic E-state index is -2.21. The predicted octanol–water partition coefficient (Wildman–Crippen LogP) is 4.75. The Labute approximate surface area is 201 Å². The molecule has 1 N–H and O–H groups in total. The van der Waals surface area contributed by atoms with Crippen molar-refractivity contribution in [2.75, 3.05) is 38.2 Å². The largest absolute Gasteiger partial charge is 0.495 e. The second-order valence-electron chi connectivity index (χ2n) is 6.62. The van der Waals surface area contributed by atoms with Crippen molar-refractivity contribution >= 4 is 60.8 Å². The molecule has 0 unspecified atom stereocenters. The number of halogens is 7. The summed E-state index contributed by atoms with van der Waals surface area (Å²) in [6, 6.07) is 3.25. The lowest BCUT2D eigenvalue weighted by molar-refractivity contribution is 0.0970. The van der Waals surface area contributed by atoms with E-state index in [2.05, 4.69) is 37.2 Å². The first-order valence-corrected chi connectivity index (χ1v) is 11.0. The van der Waals surface area contributed by atoms with Crippen molar-refractivity contribution in [2.45, 2.75) is 0 Å². The van der Waals surface area contributed by atoms with Gasteiger partial charge in [-0.15, -0.1) is 0 Å². The van der Waals surface area contributed by atoms with Gasteiger partial charge in [-0.25, -0.2) is 22.0 Å². The van der Waals surface area contributed by atoms with Gasteiger partial charge in [-0.1, -0.05) is 15.9 Å². The average molecular weight is 603 g/mol. The number of nitrogens with one attached hydrogen (secondary N) is 1. The van der Waals surface area contributed by atoms with Gasteiger partial charge >= 0.3 is 0 Å². The van der Waals surface area contributed by atoms with Crippen LogP contribution in [-0.2, 0) is 0 Å². The third-order valence-electron chi connectivity index (χ3n) is 4.75. The van der Waals surface area contributed by atoms with Crippen LogP contribution < -0.4 is 15.0 Å². The summed E-state index contributed by atoms with van der Waals surface area (Å²) in [6.07, 6.45) is 0. The highest BCUT2D eigenvalue weighted by molar-refractivity contribution is 9.11. The van der Waals surface area contributed by atoms with Gasteiger partial charge in [0.05, 0.1) is 17.1 Å². The fourth-order valence-corrected chi connectivity index (χ4v) is 4.85. The van der Waals surface area contributed by atoms with Crippen LogP contribution in [0.4, 0.5) is 27.6 Å². The van der Waals surface area contributed by atoms with Crippen molar-refractivity contribution in [3.8, 4) is 5.75 Å². The summed E-state index contributed by atoms with van der Waals surface area (Å²) >= 11 is 11.8. The molecule has 0 spiro atoms. The molecule has 0 radical (unpaired) electrons. The van der Waals surface area contributed by atoms with Crippen molar-refractivity contribution in [2.24, 2.45) is 0 Å². The van der Waals surface area contributed by atoms with Crippen molar-refractivity contribution < 1.29 is 31.5 Å². The van der Waals surface area contributed by atoms with E-state index in [1.807, 2.05) is 0 Å². The topological polar surface area (TPSA) is 44.8 Å². The first-order chi connectivity index (χ1) is 15.1. The second kappa shape index (κ2) is 9.87. The van der Waals surface area contributed by atoms with Crippen LogP contribution in [0.5, 0.6) is 5.75 Å². The minimum absolute atomic E-state index is 0.0465. The molecule has 172 valence electrons. The van der Waals surface area contributed by atoms with Gasteiger partial charge in [0.25, 0.3) is 5.91 Å². The number of carbonyl (C=O) groups is 1. The molecule has 0 atom stereocenters. The smallest absolute Gasteiger partial charge is 0.261 e.